The van der Waals surface area contributed by atoms with Crippen molar-refractivity contribution < 1.29 is 23.7 Å². The molecule has 1 amide bonds. The molecule has 1 saturated heterocycles. The van der Waals surface area contributed by atoms with E-state index < -0.39 is 0 Å². The highest BCUT2D eigenvalue weighted by molar-refractivity contribution is 5.78. The van der Waals surface area contributed by atoms with Crippen LogP contribution in [0.25, 0.3) is 5.65 Å². The monoisotopic (exact) mass is 529 g/mol. The molecule has 0 N–H and O–H groups in total. The maximum Gasteiger partial charge on any atom is 0.223 e. The zero-order chi connectivity index (χ0) is 27.4. The molecule has 0 radical (unpaired) electrons. The number of fused-ring (bicyclic) bond motifs is 1. The largest absolute Gasteiger partial charge is 0.497 e. The molecule has 3 heterocycles. The number of rotatable bonds is 9. The van der Waals surface area contributed by atoms with Crippen molar-refractivity contribution in [3.8, 4) is 17.2 Å². The van der Waals surface area contributed by atoms with Crippen molar-refractivity contribution in [1.82, 2.24) is 14.3 Å². The number of pyridine rings is 1. The van der Waals surface area contributed by atoms with Crippen LogP contribution in [0, 0.1) is 0 Å². The third-order valence-corrected chi connectivity index (χ3v) is 7.05. The molecule has 204 valence electrons. The molecule has 1 fully saturated rings. The number of hydrogen-bond acceptors (Lipinski definition) is 6. The summed E-state index contributed by atoms with van der Waals surface area (Å²) in [6.45, 7) is 5.58. The zero-order valence-electron chi connectivity index (χ0n) is 22.9. The molecule has 39 heavy (non-hydrogen) atoms. The molecule has 2 aromatic carbocycles. The second-order valence-electron chi connectivity index (χ2n) is 9.98. The molecule has 0 aliphatic carbocycles. The number of benzene rings is 2. The Bertz CT molecular complexity index is 1390. The van der Waals surface area contributed by atoms with Gasteiger partial charge in [0.15, 0.2) is 11.4 Å². The summed E-state index contributed by atoms with van der Waals surface area (Å²) >= 11 is 0. The molecule has 1 aliphatic rings. The van der Waals surface area contributed by atoms with Crippen LogP contribution >= 0.6 is 0 Å². The first-order valence-electron chi connectivity index (χ1n) is 13.2. The Morgan fingerprint density at radius 3 is 2.36 bits per heavy atom. The van der Waals surface area contributed by atoms with Crippen LogP contribution in [-0.2, 0) is 16.1 Å². The highest BCUT2D eigenvalue weighted by atomic mass is 16.5. The SMILES string of the molecule is COc1cc(OC)cc(C(CC(=O)N2CC(C)OC(C)C2)c2cnc3c(OCc4ccccc4)cccn23)c1. The average molecular weight is 530 g/mol. The highest BCUT2D eigenvalue weighted by Crippen LogP contribution is 2.36. The van der Waals surface area contributed by atoms with E-state index in [1.54, 1.807) is 14.2 Å². The van der Waals surface area contributed by atoms with Gasteiger partial charge < -0.3 is 28.2 Å². The van der Waals surface area contributed by atoms with Gasteiger partial charge in [0.1, 0.15) is 18.1 Å². The first-order chi connectivity index (χ1) is 18.9. The van der Waals surface area contributed by atoms with Gasteiger partial charge in [-0.1, -0.05) is 30.3 Å². The van der Waals surface area contributed by atoms with Gasteiger partial charge in [-0.05, 0) is 49.2 Å². The van der Waals surface area contributed by atoms with E-state index in [0.29, 0.717) is 42.6 Å². The first kappa shape index (κ1) is 26.6. The maximum absolute atomic E-state index is 13.7. The summed E-state index contributed by atoms with van der Waals surface area (Å²) in [7, 11) is 3.25. The first-order valence-corrected chi connectivity index (χ1v) is 13.2. The van der Waals surface area contributed by atoms with Gasteiger partial charge in [-0.2, -0.15) is 0 Å². The van der Waals surface area contributed by atoms with E-state index in [0.717, 1.165) is 16.8 Å². The molecular weight excluding hydrogens is 494 g/mol. The van der Waals surface area contributed by atoms with Crippen LogP contribution in [0.2, 0.25) is 0 Å². The average Bonchev–Trinajstić information content (AvgIpc) is 3.39. The Morgan fingerprint density at radius 2 is 1.69 bits per heavy atom. The van der Waals surface area contributed by atoms with Crippen molar-refractivity contribution in [3.05, 3.63) is 89.9 Å². The van der Waals surface area contributed by atoms with Gasteiger partial charge in [0.05, 0.1) is 32.1 Å². The Balaban J connectivity index is 1.51. The number of methoxy groups -OCH3 is 2. The standard InChI is InChI=1S/C31H35N3O5/c1-21-18-33(19-22(2)39-21)30(35)16-27(24-13-25(36-3)15-26(14-24)37-4)28-17-32-31-29(11-8-12-34(28)31)38-20-23-9-6-5-7-10-23/h5-15,17,21-22,27H,16,18-20H2,1-4H3. The molecule has 5 rings (SSSR count). The molecule has 4 aromatic rings. The number of amides is 1. The lowest BCUT2D eigenvalue weighted by Crippen LogP contribution is -2.48. The quantitative estimate of drug-likeness (QED) is 0.301. The zero-order valence-corrected chi connectivity index (χ0v) is 22.9. The fourth-order valence-electron chi connectivity index (χ4n) is 5.22. The van der Waals surface area contributed by atoms with Crippen LogP contribution in [-0.4, -0.2) is 59.7 Å². The van der Waals surface area contributed by atoms with Gasteiger partial charge in [-0.25, -0.2) is 4.98 Å². The van der Waals surface area contributed by atoms with Crippen molar-refractivity contribution in [2.24, 2.45) is 0 Å². The van der Waals surface area contributed by atoms with Crippen LogP contribution in [0.1, 0.15) is 43.0 Å². The minimum atomic E-state index is -0.297. The summed E-state index contributed by atoms with van der Waals surface area (Å²) in [6, 6.07) is 19.6. The fourth-order valence-corrected chi connectivity index (χ4v) is 5.22. The molecule has 1 aliphatic heterocycles. The summed E-state index contributed by atoms with van der Waals surface area (Å²) in [6.07, 6.45) is 4.04. The Hall–Kier alpha value is -4.04. The van der Waals surface area contributed by atoms with E-state index in [1.807, 2.05) is 96.2 Å². The van der Waals surface area contributed by atoms with Crippen molar-refractivity contribution in [2.75, 3.05) is 27.3 Å². The molecule has 8 nitrogen and oxygen atoms in total. The Kier molecular flexibility index (Phi) is 8.02. The van der Waals surface area contributed by atoms with E-state index in [-0.39, 0.29) is 30.5 Å². The Morgan fingerprint density at radius 1 is 1.00 bits per heavy atom. The summed E-state index contributed by atoms with van der Waals surface area (Å²) in [5.41, 5.74) is 3.57. The molecule has 3 unspecified atom stereocenters. The van der Waals surface area contributed by atoms with Crippen molar-refractivity contribution in [3.63, 3.8) is 0 Å². The molecular formula is C31H35N3O5. The third kappa shape index (κ3) is 6.01. The van der Waals surface area contributed by atoms with E-state index >= 15 is 0 Å². The van der Waals surface area contributed by atoms with E-state index in [9.17, 15) is 4.79 Å². The fraction of sp³-hybridized carbons (Fsp3) is 0.355. The lowest BCUT2D eigenvalue weighted by Gasteiger charge is -2.36. The molecule has 0 bridgehead atoms. The third-order valence-electron chi connectivity index (χ3n) is 7.05. The van der Waals surface area contributed by atoms with Gasteiger partial charge in [0.2, 0.25) is 5.91 Å². The predicted octanol–water partition coefficient (Wildman–Crippen LogP) is 5.09. The second kappa shape index (κ2) is 11.8. The van der Waals surface area contributed by atoms with Gasteiger partial charge in [-0.3, -0.25) is 4.79 Å². The van der Waals surface area contributed by atoms with Gasteiger partial charge in [0, 0.05) is 43.9 Å². The number of nitrogens with zero attached hydrogens (tertiary/aromatic N) is 3. The maximum atomic E-state index is 13.7. The topological polar surface area (TPSA) is 74.5 Å². The van der Waals surface area contributed by atoms with Crippen LogP contribution in [0.5, 0.6) is 17.2 Å². The number of imidazole rings is 1. The summed E-state index contributed by atoms with van der Waals surface area (Å²) in [5, 5.41) is 0. The summed E-state index contributed by atoms with van der Waals surface area (Å²) < 4.78 is 25.2. The lowest BCUT2D eigenvalue weighted by molar-refractivity contribution is -0.143. The highest BCUT2D eigenvalue weighted by Gasteiger charge is 2.30. The van der Waals surface area contributed by atoms with Gasteiger partial charge >= 0.3 is 0 Å². The minimum absolute atomic E-state index is 0.00631. The van der Waals surface area contributed by atoms with Gasteiger partial charge in [0.25, 0.3) is 0 Å². The molecule has 8 heteroatoms. The van der Waals surface area contributed by atoms with Crippen LogP contribution in [0.4, 0.5) is 0 Å². The van der Waals surface area contributed by atoms with E-state index in [4.69, 9.17) is 23.9 Å². The lowest BCUT2D eigenvalue weighted by atomic mass is 9.91. The van der Waals surface area contributed by atoms with Crippen molar-refractivity contribution in [2.45, 2.75) is 45.0 Å². The smallest absolute Gasteiger partial charge is 0.223 e. The molecule has 2 aromatic heterocycles. The van der Waals surface area contributed by atoms with Gasteiger partial charge in [-0.15, -0.1) is 0 Å². The number of hydrogen-bond donors (Lipinski definition) is 0. The van der Waals surface area contributed by atoms with Crippen LogP contribution < -0.4 is 14.2 Å². The molecule has 0 spiro atoms. The normalized spacial score (nSPS) is 18.1. The summed E-state index contributed by atoms with van der Waals surface area (Å²) in [5.74, 6) is 1.77. The van der Waals surface area contributed by atoms with E-state index in [2.05, 4.69) is 0 Å². The number of carbonyl (C=O) groups excluding carboxylic acids is 1. The van der Waals surface area contributed by atoms with E-state index in [1.165, 1.54) is 0 Å². The number of morpholine rings is 1. The second-order valence-corrected chi connectivity index (χ2v) is 9.98. The number of carbonyl (C=O) groups is 1. The predicted molar refractivity (Wildman–Crippen MR) is 149 cm³/mol. The number of ether oxygens (including phenoxy) is 4. The number of aromatic nitrogens is 2. The van der Waals surface area contributed by atoms with Crippen LogP contribution in [0.15, 0.2) is 73.1 Å². The Labute approximate surface area is 229 Å². The van der Waals surface area contributed by atoms with Crippen molar-refractivity contribution >= 4 is 11.6 Å². The minimum Gasteiger partial charge on any atom is -0.497 e. The summed E-state index contributed by atoms with van der Waals surface area (Å²) in [4.78, 5) is 20.3. The van der Waals surface area contributed by atoms with Crippen molar-refractivity contribution in [1.29, 1.82) is 0 Å². The molecule has 0 saturated carbocycles. The molecule has 3 atom stereocenters. The van der Waals surface area contributed by atoms with Crippen LogP contribution in [0.3, 0.4) is 0 Å².